The monoisotopic (exact) mass is 402 g/mol. The van der Waals surface area contributed by atoms with Crippen LogP contribution in [-0.4, -0.2) is 40.6 Å². The van der Waals surface area contributed by atoms with Gasteiger partial charge in [-0.15, -0.1) is 10.2 Å². The lowest BCUT2D eigenvalue weighted by Gasteiger charge is -2.29. The number of halogens is 1. The first kappa shape index (κ1) is 18.2. The van der Waals surface area contributed by atoms with E-state index in [1.807, 2.05) is 29.0 Å². The van der Waals surface area contributed by atoms with Crippen LogP contribution in [0.25, 0.3) is 11.5 Å². The lowest BCUT2D eigenvalue weighted by atomic mass is 9.97. The van der Waals surface area contributed by atoms with Crippen molar-refractivity contribution in [3.05, 3.63) is 52.0 Å². The number of piperidine rings is 1. The third kappa shape index (κ3) is 4.55. The van der Waals surface area contributed by atoms with Crippen LogP contribution in [0.2, 0.25) is 5.02 Å². The Hall–Kier alpha value is -2.22. The van der Waals surface area contributed by atoms with Gasteiger partial charge in [-0.1, -0.05) is 17.7 Å². The average molecular weight is 403 g/mol. The number of nitrogens with zero attached hydrogens (tertiary/aromatic N) is 3. The van der Waals surface area contributed by atoms with Gasteiger partial charge >= 0.3 is 0 Å². The first-order valence-electron chi connectivity index (χ1n) is 8.81. The lowest BCUT2D eigenvalue weighted by Crippen LogP contribution is -2.38. The maximum Gasteiger partial charge on any atom is 0.248 e. The first-order chi connectivity index (χ1) is 13.2. The van der Waals surface area contributed by atoms with Gasteiger partial charge in [-0.25, -0.2) is 0 Å². The highest BCUT2D eigenvalue weighted by Gasteiger charge is 2.26. The summed E-state index contributed by atoms with van der Waals surface area (Å²) in [6.45, 7) is 2.01. The Morgan fingerprint density at radius 1 is 1.30 bits per heavy atom. The zero-order valence-electron chi connectivity index (χ0n) is 14.6. The number of anilines is 1. The third-order valence-electron chi connectivity index (χ3n) is 4.62. The topological polar surface area (TPSA) is 71.3 Å². The molecule has 6 nitrogen and oxygen atoms in total. The Morgan fingerprint density at radius 3 is 2.89 bits per heavy atom. The zero-order valence-corrected chi connectivity index (χ0v) is 16.2. The Bertz CT molecular complexity index is 904. The van der Waals surface area contributed by atoms with Gasteiger partial charge in [0.25, 0.3) is 0 Å². The van der Waals surface area contributed by atoms with Crippen molar-refractivity contribution < 1.29 is 9.21 Å². The van der Waals surface area contributed by atoms with Gasteiger partial charge < -0.3 is 9.73 Å². The molecule has 1 N–H and O–H groups in total. The molecule has 8 heteroatoms. The smallest absolute Gasteiger partial charge is 0.248 e. The molecule has 0 aliphatic carbocycles. The molecule has 0 radical (unpaired) electrons. The van der Waals surface area contributed by atoms with Crippen molar-refractivity contribution in [1.82, 2.24) is 15.1 Å². The molecule has 1 fully saturated rings. The van der Waals surface area contributed by atoms with E-state index >= 15 is 0 Å². The van der Waals surface area contributed by atoms with Crippen LogP contribution in [0.5, 0.6) is 0 Å². The van der Waals surface area contributed by atoms with Gasteiger partial charge in [0.2, 0.25) is 17.7 Å². The Labute approximate surface area is 166 Å². The summed E-state index contributed by atoms with van der Waals surface area (Å²) >= 11 is 7.55. The molecule has 0 atom stereocenters. The summed E-state index contributed by atoms with van der Waals surface area (Å²) in [7, 11) is 0. The van der Waals surface area contributed by atoms with E-state index in [2.05, 4.69) is 20.4 Å². The molecule has 4 rings (SSSR count). The first-order valence-corrected chi connectivity index (χ1v) is 10.1. The zero-order chi connectivity index (χ0) is 18.6. The summed E-state index contributed by atoms with van der Waals surface area (Å²) in [5.41, 5.74) is 1.68. The molecule has 3 heterocycles. The van der Waals surface area contributed by atoms with Crippen molar-refractivity contribution in [1.29, 1.82) is 0 Å². The van der Waals surface area contributed by atoms with Gasteiger partial charge in [-0.3, -0.25) is 9.69 Å². The number of amides is 1. The van der Waals surface area contributed by atoms with Gasteiger partial charge in [-0.05, 0) is 55.6 Å². The summed E-state index contributed by atoms with van der Waals surface area (Å²) in [6.07, 6.45) is 1.80. The molecule has 1 saturated heterocycles. The third-order valence-corrected chi connectivity index (χ3v) is 5.54. The number of thiophene rings is 1. The van der Waals surface area contributed by atoms with E-state index in [4.69, 9.17) is 16.0 Å². The van der Waals surface area contributed by atoms with Crippen LogP contribution in [0.15, 0.2) is 45.5 Å². The van der Waals surface area contributed by atoms with Gasteiger partial charge in [0.1, 0.15) is 0 Å². The van der Waals surface area contributed by atoms with Crippen molar-refractivity contribution in [2.24, 2.45) is 0 Å². The largest absolute Gasteiger partial charge is 0.420 e. The van der Waals surface area contributed by atoms with E-state index in [1.165, 1.54) is 0 Å². The predicted molar refractivity (Wildman–Crippen MR) is 106 cm³/mol. The maximum atomic E-state index is 12.2. The number of carbonyl (C=O) groups is 1. The fraction of sp³-hybridized carbons (Fsp3) is 0.316. The number of hydrogen-bond donors (Lipinski definition) is 1. The number of likely N-dealkylation sites (tertiary alicyclic amines) is 1. The molecular formula is C19H19ClN4O2S. The van der Waals surface area contributed by atoms with E-state index in [1.54, 1.807) is 23.5 Å². The van der Waals surface area contributed by atoms with Crippen LogP contribution in [0.1, 0.15) is 24.7 Å². The van der Waals surface area contributed by atoms with E-state index < -0.39 is 0 Å². The molecule has 0 bridgehead atoms. The van der Waals surface area contributed by atoms with Crippen molar-refractivity contribution in [2.75, 3.05) is 25.0 Å². The van der Waals surface area contributed by atoms with Crippen LogP contribution in [0.3, 0.4) is 0 Å². The SMILES string of the molecule is O=C(CN1CCC(c2nnc(-c3ccsc3)o2)CC1)Nc1cccc(Cl)c1. The van der Waals surface area contributed by atoms with Crippen LogP contribution < -0.4 is 5.32 Å². The highest BCUT2D eigenvalue weighted by atomic mass is 35.5. The molecule has 1 aromatic carbocycles. The fourth-order valence-electron chi connectivity index (χ4n) is 3.21. The molecule has 1 aliphatic rings. The van der Waals surface area contributed by atoms with E-state index in [9.17, 15) is 4.79 Å². The Balaban J connectivity index is 1.28. The van der Waals surface area contributed by atoms with E-state index in [0.29, 0.717) is 29.0 Å². The average Bonchev–Trinajstić information content (AvgIpc) is 3.34. The molecule has 140 valence electrons. The molecule has 0 unspecified atom stereocenters. The van der Waals surface area contributed by atoms with E-state index in [-0.39, 0.29) is 11.8 Å². The minimum Gasteiger partial charge on any atom is -0.420 e. The fourth-order valence-corrected chi connectivity index (χ4v) is 4.03. The second kappa shape index (κ2) is 8.21. The van der Waals surface area contributed by atoms with E-state index in [0.717, 1.165) is 31.5 Å². The molecule has 27 heavy (non-hydrogen) atoms. The standard InChI is InChI=1S/C19H19ClN4O2S/c20-15-2-1-3-16(10-15)21-17(25)11-24-7-4-13(5-8-24)18-22-23-19(26-18)14-6-9-27-12-14/h1-3,6,9-10,12-13H,4-5,7-8,11H2,(H,21,25). The Kier molecular flexibility index (Phi) is 5.52. The number of nitrogens with one attached hydrogen (secondary N) is 1. The van der Waals surface area contributed by atoms with Crippen molar-refractivity contribution in [3.8, 4) is 11.5 Å². The minimum atomic E-state index is -0.0340. The molecule has 1 aliphatic heterocycles. The molecular weight excluding hydrogens is 384 g/mol. The number of benzene rings is 1. The Morgan fingerprint density at radius 2 is 2.15 bits per heavy atom. The highest BCUT2D eigenvalue weighted by Crippen LogP contribution is 2.29. The molecule has 2 aromatic heterocycles. The van der Waals surface area contributed by atoms with Gasteiger partial charge in [-0.2, -0.15) is 11.3 Å². The van der Waals surface area contributed by atoms with Crippen molar-refractivity contribution in [3.63, 3.8) is 0 Å². The lowest BCUT2D eigenvalue weighted by molar-refractivity contribution is -0.117. The summed E-state index contributed by atoms with van der Waals surface area (Å²) in [5.74, 6) is 1.49. The van der Waals surface area contributed by atoms with Crippen LogP contribution in [0.4, 0.5) is 5.69 Å². The normalized spacial score (nSPS) is 15.7. The minimum absolute atomic E-state index is 0.0340. The predicted octanol–water partition coefficient (Wildman–Crippen LogP) is 4.27. The second-order valence-electron chi connectivity index (χ2n) is 6.57. The molecule has 0 saturated carbocycles. The van der Waals surface area contributed by atoms with Crippen LogP contribution in [0, 0.1) is 0 Å². The van der Waals surface area contributed by atoms with Crippen molar-refractivity contribution in [2.45, 2.75) is 18.8 Å². The van der Waals surface area contributed by atoms with Crippen LogP contribution >= 0.6 is 22.9 Å². The van der Waals surface area contributed by atoms with Gasteiger partial charge in [0.05, 0.1) is 6.54 Å². The highest BCUT2D eigenvalue weighted by molar-refractivity contribution is 7.08. The summed E-state index contributed by atoms with van der Waals surface area (Å²) in [4.78, 5) is 14.4. The van der Waals surface area contributed by atoms with Crippen LogP contribution in [-0.2, 0) is 4.79 Å². The van der Waals surface area contributed by atoms with Gasteiger partial charge in [0, 0.05) is 27.6 Å². The maximum absolute atomic E-state index is 12.2. The second-order valence-corrected chi connectivity index (χ2v) is 7.78. The summed E-state index contributed by atoms with van der Waals surface area (Å²) < 4.78 is 5.85. The quantitative estimate of drug-likeness (QED) is 0.690. The molecule has 0 spiro atoms. The number of aromatic nitrogens is 2. The van der Waals surface area contributed by atoms with Gasteiger partial charge in [0.15, 0.2) is 0 Å². The molecule has 3 aromatic rings. The molecule has 1 amide bonds. The number of hydrogen-bond acceptors (Lipinski definition) is 6. The summed E-state index contributed by atoms with van der Waals surface area (Å²) in [5, 5.41) is 15.9. The summed E-state index contributed by atoms with van der Waals surface area (Å²) in [6, 6.07) is 9.15. The number of carbonyl (C=O) groups excluding carboxylic acids is 1. The number of rotatable bonds is 5. The van der Waals surface area contributed by atoms with Crippen molar-refractivity contribution >= 4 is 34.5 Å².